The van der Waals surface area contributed by atoms with E-state index in [9.17, 15) is 8.42 Å². The highest BCUT2D eigenvalue weighted by atomic mass is 32.2. The van der Waals surface area contributed by atoms with Gasteiger partial charge in [0.25, 0.3) is 0 Å². The van der Waals surface area contributed by atoms with Gasteiger partial charge in [-0.3, -0.25) is 0 Å². The molecule has 1 N–H and O–H groups in total. The number of hydrogen-bond donors (Lipinski definition) is 1. The van der Waals surface area contributed by atoms with Crippen LogP contribution in [0, 0.1) is 6.92 Å². The lowest BCUT2D eigenvalue weighted by Gasteiger charge is -2.05. The van der Waals surface area contributed by atoms with Crippen LogP contribution in [0.25, 0.3) is 5.82 Å². The molecule has 0 aliphatic carbocycles. The number of nitrogens with one attached hydrogen (secondary N) is 1. The Morgan fingerprint density at radius 3 is 2.78 bits per heavy atom. The number of rotatable bonds is 5. The lowest BCUT2D eigenvalue weighted by molar-refractivity contribution is 0.581. The quantitative estimate of drug-likeness (QED) is 0.778. The Hall–Kier alpha value is -2.51. The summed E-state index contributed by atoms with van der Waals surface area (Å²) < 4.78 is 28.7. The highest BCUT2D eigenvalue weighted by molar-refractivity contribution is 7.89. The molecule has 2 heterocycles. The van der Waals surface area contributed by atoms with Gasteiger partial charge in [0, 0.05) is 12.7 Å². The zero-order chi connectivity index (χ0) is 16.3. The van der Waals surface area contributed by atoms with E-state index in [1.807, 2.05) is 37.3 Å². The van der Waals surface area contributed by atoms with Crippen LogP contribution < -0.4 is 4.72 Å². The van der Waals surface area contributed by atoms with Crippen molar-refractivity contribution >= 4 is 10.0 Å². The summed E-state index contributed by atoms with van der Waals surface area (Å²) in [5.74, 6) is 0.563. The van der Waals surface area contributed by atoms with Gasteiger partial charge in [0.15, 0.2) is 5.82 Å². The highest BCUT2D eigenvalue weighted by Gasteiger charge is 2.16. The molecule has 0 bridgehead atoms. The van der Waals surface area contributed by atoms with Crippen LogP contribution in [0.5, 0.6) is 0 Å². The molecule has 0 aliphatic heterocycles. The van der Waals surface area contributed by atoms with E-state index >= 15 is 0 Å². The van der Waals surface area contributed by atoms with Gasteiger partial charge in [0.05, 0.1) is 12.4 Å². The zero-order valence-corrected chi connectivity index (χ0v) is 13.4. The Morgan fingerprint density at radius 2 is 2.04 bits per heavy atom. The van der Waals surface area contributed by atoms with E-state index in [4.69, 9.17) is 0 Å². The normalized spacial score (nSPS) is 11.5. The highest BCUT2D eigenvalue weighted by Crippen LogP contribution is 2.11. The van der Waals surface area contributed by atoms with Crippen LogP contribution in [0.4, 0.5) is 0 Å². The molecular weight excluding hydrogens is 312 g/mol. The second kappa shape index (κ2) is 6.31. The summed E-state index contributed by atoms with van der Waals surface area (Å²) in [6.45, 7) is 2.20. The summed E-state index contributed by atoms with van der Waals surface area (Å²) in [6, 6.07) is 13.0. The summed E-state index contributed by atoms with van der Waals surface area (Å²) in [6.07, 6.45) is 4.38. The third-order valence-corrected chi connectivity index (χ3v) is 4.66. The van der Waals surface area contributed by atoms with Crippen molar-refractivity contribution in [2.45, 2.75) is 18.4 Å². The molecule has 3 rings (SSSR count). The van der Waals surface area contributed by atoms with Crippen LogP contribution in [0.2, 0.25) is 0 Å². The van der Waals surface area contributed by atoms with Crippen molar-refractivity contribution in [3.8, 4) is 5.82 Å². The van der Waals surface area contributed by atoms with Crippen molar-refractivity contribution in [1.29, 1.82) is 0 Å². The first-order valence-corrected chi connectivity index (χ1v) is 8.54. The topological polar surface area (TPSA) is 76.9 Å². The van der Waals surface area contributed by atoms with Gasteiger partial charge < -0.3 is 0 Å². The fourth-order valence-electron chi connectivity index (χ4n) is 2.14. The predicted molar refractivity (Wildman–Crippen MR) is 86.6 cm³/mol. The monoisotopic (exact) mass is 328 g/mol. The molecule has 0 saturated carbocycles. The molecule has 0 unspecified atom stereocenters. The maximum atomic E-state index is 12.4. The Balaban J connectivity index is 1.77. The molecule has 7 heteroatoms. The molecule has 0 radical (unpaired) electrons. The summed E-state index contributed by atoms with van der Waals surface area (Å²) in [5, 5.41) is 4.06. The smallest absolute Gasteiger partial charge is 0.237 e. The maximum Gasteiger partial charge on any atom is 0.244 e. The Kier molecular flexibility index (Phi) is 4.22. The average Bonchev–Trinajstić information content (AvgIpc) is 3.05. The van der Waals surface area contributed by atoms with Crippen LogP contribution in [0.15, 0.2) is 66.0 Å². The second-order valence-electron chi connectivity index (χ2n) is 5.12. The molecule has 0 fully saturated rings. The third-order valence-electron chi connectivity index (χ3n) is 3.30. The molecular formula is C16H16N4O2S. The van der Waals surface area contributed by atoms with Gasteiger partial charge in [0.2, 0.25) is 10.0 Å². The number of nitrogens with zero attached hydrogens (tertiary/aromatic N) is 3. The van der Waals surface area contributed by atoms with Gasteiger partial charge >= 0.3 is 0 Å². The first-order chi connectivity index (χ1) is 11.0. The summed E-state index contributed by atoms with van der Waals surface area (Å²) in [4.78, 5) is 4.24. The molecule has 0 saturated heterocycles. The van der Waals surface area contributed by atoms with Crippen molar-refractivity contribution in [1.82, 2.24) is 19.5 Å². The van der Waals surface area contributed by atoms with Gasteiger partial charge in [-0.15, -0.1) is 0 Å². The lowest BCUT2D eigenvalue weighted by Crippen LogP contribution is -2.22. The molecule has 0 aliphatic rings. The fraction of sp³-hybridized carbons (Fsp3) is 0.125. The van der Waals surface area contributed by atoms with Crippen LogP contribution >= 0.6 is 0 Å². The van der Waals surface area contributed by atoms with Crippen molar-refractivity contribution in [2.24, 2.45) is 0 Å². The Morgan fingerprint density at radius 1 is 1.17 bits per heavy atom. The molecule has 0 spiro atoms. The number of aryl methyl sites for hydroxylation is 1. The number of benzene rings is 1. The standard InChI is InChI=1S/C16H16N4O2S/c1-13-5-4-6-14(9-13)10-19-23(21,22)15-11-18-20(12-15)16-7-2-3-8-17-16/h2-9,11-12,19H,10H2,1H3. The molecule has 1 aromatic carbocycles. The first kappa shape index (κ1) is 15.4. The molecule has 6 nitrogen and oxygen atoms in total. The summed E-state index contributed by atoms with van der Waals surface area (Å²) in [5.41, 5.74) is 2.00. The number of hydrogen-bond acceptors (Lipinski definition) is 4. The van der Waals surface area contributed by atoms with Crippen LogP contribution in [-0.4, -0.2) is 23.2 Å². The predicted octanol–water partition coefficient (Wildman–Crippen LogP) is 2.05. The molecule has 0 amide bonds. The van der Waals surface area contributed by atoms with E-state index in [1.54, 1.807) is 18.3 Å². The maximum absolute atomic E-state index is 12.4. The summed E-state index contributed by atoms with van der Waals surface area (Å²) >= 11 is 0. The number of pyridine rings is 1. The Bertz CT molecular complexity index is 905. The van der Waals surface area contributed by atoms with Crippen molar-refractivity contribution < 1.29 is 8.42 Å². The minimum Gasteiger partial charge on any atom is -0.237 e. The van der Waals surface area contributed by atoms with E-state index in [-0.39, 0.29) is 11.4 Å². The molecule has 23 heavy (non-hydrogen) atoms. The van der Waals surface area contributed by atoms with Crippen molar-refractivity contribution in [2.75, 3.05) is 0 Å². The van der Waals surface area contributed by atoms with E-state index in [0.717, 1.165) is 11.1 Å². The molecule has 2 aromatic heterocycles. The minimum absolute atomic E-state index is 0.107. The van der Waals surface area contributed by atoms with E-state index in [1.165, 1.54) is 17.1 Å². The lowest BCUT2D eigenvalue weighted by atomic mass is 10.1. The van der Waals surface area contributed by atoms with Gasteiger partial charge in [-0.25, -0.2) is 22.8 Å². The first-order valence-electron chi connectivity index (χ1n) is 7.06. The second-order valence-corrected chi connectivity index (χ2v) is 6.89. The number of aromatic nitrogens is 3. The van der Waals surface area contributed by atoms with E-state index in [0.29, 0.717) is 5.82 Å². The Labute approximate surface area is 134 Å². The van der Waals surface area contributed by atoms with Crippen LogP contribution in [0.1, 0.15) is 11.1 Å². The fourth-order valence-corrected chi connectivity index (χ4v) is 3.09. The SMILES string of the molecule is Cc1cccc(CNS(=O)(=O)c2cnn(-c3ccccn3)c2)c1. The third kappa shape index (κ3) is 3.64. The molecule has 0 atom stereocenters. The van der Waals surface area contributed by atoms with Gasteiger partial charge in [-0.05, 0) is 24.6 Å². The molecule has 3 aromatic rings. The minimum atomic E-state index is -3.62. The van der Waals surface area contributed by atoms with Crippen LogP contribution in [0.3, 0.4) is 0 Å². The largest absolute Gasteiger partial charge is 0.244 e. The van der Waals surface area contributed by atoms with Crippen molar-refractivity contribution in [3.63, 3.8) is 0 Å². The zero-order valence-electron chi connectivity index (χ0n) is 12.5. The molecule has 118 valence electrons. The number of sulfonamides is 1. The average molecular weight is 328 g/mol. The van der Waals surface area contributed by atoms with Gasteiger partial charge in [0.1, 0.15) is 4.90 Å². The van der Waals surface area contributed by atoms with Crippen molar-refractivity contribution in [3.05, 3.63) is 72.2 Å². The summed E-state index contributed by atoms with van der Waals surface area (Å²) in [7, 11) is -3.62. The van der Waals surface area contributed by atoms with Gasteiger partial charge in [-0.1, -0.05) is 35.9 Å². The van der Waals surface area contributed by atoms with E-state index < -0.39 is 10.0 Å². The van der Waals surface area contributed by atoms with Crippen LogP contribution in [-0.2, 0) is 16.6 Å². The van der Waals surface area contributed by atoms with E-state index in [2.05, 4.69) is 14.8 Å². The van der Waals surface area contributed by atoms with Gasteiger partial charge in [-0.2, -0.15) is 5.10 Å².